The molecule has 7 nitrogen and oxygen atoms in total. The average molecular weight is 442 g/mol. The Morgan fingerprint density at radius 1 is 1.13 bits per heavy atom. The van der Waals surface area contributed by atoms with E-state index >= 15 is 0 Å². The molecule has 4 rings (SSSR count). The molecule has 0 fully saturated rings. The van der Waals surface area contributed by atoms with E-state index in [0.29, 0.717) is 34.2 Å². The Balaban J connectivity index is 1.86. The normalized spacial score (nSPS) is 11.8. The summed E-state index contributed by atoms with van der Waals surface area (Å²) >= 11 is 3.11. The fourth-order valence-electron chi connectivity index (χ4n) is 3.25. The van der Waals surface area contributed by atoms with Crippen LogP contribution in [-0.4, -0.2) is 24.1 Å². The summed E-state index contributed by atoms with van der Waals surface area (Å²) in [6.07, 6.45) is 0.766. The van der Waals surface area contributed by atoms with Crippen molar-refractivity contribution in [2.45, 2.75) is 50.4 Å². The number of benzene rings is 1. The number of nitrogens with zero attached hydrogens (tertiary/aromatic N) is 5. The molecule has 3 aromatic heterocycles. The first kappa shape index (κ1) is 20.7. The van der Waals surface area contributed by atoms with Gasteiger partial charge in [0.2, 0.25) is 0 Å². The molecule has 0 spiro atoms. The molecule has 9 heteroatoms. The first-order valence-electron chi connectivity index (χ1n) is 9.89. The maximum Gasteiger partial charge on any atom is 0.332 e. The van der Waals surface area contributed by atoms with Crippen molar-refractivity contribution >= 4 is 44.3 Å². The largest absolute Gasteiger partial charge is 0.332 e. The second-order valence-electron chi connectivity index (χ2n) is 7.40. The maximum absolute atomic E-state index is 13.0. The highest BCUT2D eigenvalue weighted by Crippen LogP contribution is 2.30. The van der Waals surface area contributed by atoms with Crippen LogP contribution >= 0.6 is 23.1 Å². The van der Waals surface area contributed by atoms with Gasteiger partial charge in [-0.15, -0.1) is 11.3 Å². The van der Waals surface area contributed by atoms with Gasteiger partial charge < -0.3 is 0 Å². The standard InChI is InChI=1S/C21H23N5O2S2/c1-5-10-26-18-16(20(27)25(4)21(26)28)19(24-17(23-18)12(2)3)29-11-15-22-13-8-6-7-9-14(13)30-15/h6-9,12H,5,10-11H2,1-4H3. The molecule has 0 saturated heterocycles. The topological polar surface area (TPSA) is 82.7 Å². The Morgan fingerprint density at radius 3 is 2.60 bits per heavy atom. The minimum Gasteiger partial charge on any atom is -0.277 e. The number of hydrogen-bond acceptors (Lipinski definition) is 7. The highest BCUT2D eigenvalue weighted by Gasteiger charge is 2.20. The second-order valence-corrected chi connectivity index (χ2v) is 9.48. The van der Waals surface area contributed by atoms with Crippen molar-refractivity contribution in [3.63, 3.8) is 0 Å². The molecule has 0 aliphatic carbocycles. The molecular formula is C21H23N5O2S2. The predicted molar refractivity (Wildman–Crippen MR) is 123 cm³/mol. The van der Waals surface area contributed by atoms with Gasteiger partial charge >= 0.3 is 5.69 Å². The Kier molecular flexibility index (Phi) is 5.75. The van der Waals surface area contributed by atoms with Crippen LogP contribution in [0.5, 0.6) is 0 Å². The SMILES string of the molecule is CCCn1c(=O)n(C)c(=O)c2c(SCc3nc4ccccc4s3)nc(C(C)C)nc21. The summed E-state index contributed by atoms with van der Waals surface area (Å²) in [5.41, 5.74) is 0.700. The number of aromatic nitrogens is 5. The van der Waals surface area contributed by atoms with Gasteiger partial charge in [-0.25, -0.2) is 19.7 Å². The number of para-hydroxylation sites is 1. The maximum atomic E-state index is 13.0. The molecule has 30 heavy (non-hydrogen) atoms. The van der Waals surface area contributed by atoms with Crippen molar-refractivity contribution in [2.24, 2.45) is 7.05 Å². The molecule has 3 heterocycles. The molecule has 0 N–H and O–H groups in total. The summed E-state index contributed by atoms with van der Waals surface area (Å²) in [5.74, 6) is 1.30. The Morgan fingerprint density at radius 2 is 1.90 bits per heavy atom. The summed E-state index contributed by atoms with van der Waals surface area (Å²) in [6.45, 7) is 6.51. The fraction of sp³-hybridized carbons (Fsp3) is 0.381. The van der Waals surface area contributed by atoms with E-state index in [2.05, 4.69) is 16.0 Å². The first-order valence-corrected chi connectivity index (χ1v) is 11.7. The Hall–Kier alpha value is -2.52. The molecule has 156 valence electrons. The lowest BCUT2D eigenvalue weighted by atomic mass is 10.2. The second kappa shape index (κ2) is 8.31. The fourth-order valence-corrected chi connectivity index (χ4v) is 5.23. The van der Waals surface area contributed by atoms with Crippen LogP contribution in [0.4, 0.5) is 0 Å². The summed E-state index contributed by atoms with van der Waals surface area (Å²) in [5, 5.41) is 1.98. The third-order valence-electron chi connectivity index (χ3n) is 4.80. The first-order chi connectivity index (χ1) is 14.4. The summed E-state index contributed by atoms with van der Waals surface area (Å²) < 4.78 is 3.88. The zero-order valence-corrected chi connectivity index (χ0v) is 19.0. The summed E-state index contributed by atoms with van der Waals surface area (Å²) in [4.78, 5) is 39.7. The molecule has 0 aliphatic heterocycles. The minimum absolute atomic E-state index is 0.0745. The van der Waals surface area contributed by atoms with Gasteiger partial charge in [0, 0.05) is 19.5 Å². The van der Waals surface area contributed by atoms with E-state index in [1.807, 2.05) is 39.0 Å². The van der Waals surface area contributed by atoms with Gasteiger partial charge in [0.15, 0.2) is 5.65 Å². The van der Waals surface area contributed by atoms with Crippen LogP contribution in [0, 0.1) is 0 Å². The van der Waals surface area contributed by atoms with Crippen LogP contribution < -0.4 is 11.2 Å². The third-order valence-corrected chi connectivity index (χ3v) is 7.01. The number of aryl methyl sites for hydroxylation is 1. The van der Waals surface area contributed by atoms with Crippen LogP contribution in [0.2, 0.25) is 0 Å². The van der Waals surface area contributed by atoms with Crippen LogP contribution in [0.25, 0.3) is 21.3 Å². The van der Waals surface area contributed by atoms with Gasteiger partial charge in [0.05, 0.1) is 16.0 Å². The molecule has 0 radical (unpaired) electrons. The zero-order valence-electron chi connectivity index (χ0n) is 17.4. The van der Waals surface area contributed by atoms with E-state index < -0.39 is 0 Å². The number of hydrogen-bond donors (Lipinski definition) is 0. The summed E-state index contributed by atoms with van der Waals surface area (Å²) in [7, 11) is 1.51. The van der Waals surface area contributed by atoms with Gasteiger partial charge in [-0.05, 0) is 18.6 Å². The predicted octanol–water partition coefficient (Wildman–Crippen LogP) is 3.93. The molecule has 0 bridgehead atoms. The van der Waals surface area contributed by atoms with Crippen LogP contribution in [0.15, 0.2) is 38.9 Å². The average Bonchev–Trinajstić information content (AvgIpc) is 3.16. The number of rotatable bonds is 6. The highest BCUT2D eigenvalue weighted by atomic mass is 32.2. The van der Waals surface area contributed by atoms with Gasteiger partial charge in [-0.2, -0.15) is 0 Å². The Bertz CT molecular complexity index is 1320. The van der Waals surface area contributed by atoms with Gasteiger partial charge in [0.25, 0.3) is 5.56 Å². The zero-order chi connectivity index (χ0) is 21.4. The van der Waals surface area contributed by atoms with E-state index in [9.17, 15) is 9.59 Å². The molecule has 0 aliphatic rings. The molecule has 0 unspecified atom stereocenters. The third kappa shape index (κ3) is 3.67. The minimum atomic E-state index is -0.357. The van der Waals surface area contributed by atoms with E-state index in [0.717, 1.165) is 26.2 Å². The van der Waals surface area contributed by atoms with Crippen LogP contribution in [0.3, 0.4) is 0 Å². The number of fused-ring (bicyclic) bond motifs is 2. The molecule has 4 aromatic rings. The lowest BCUT2D eigenvalue weighted by Crippen LogP contribution is -2.39. The van der Waals surface area contributed by atoms with Gasteiger partial charge in [0.1, 0.15) is 21.2 Å². The van der Waals surface area contributed by atoms with Crippen LogP contribution in [0.1, 0.15) is 43.9 Å². The lowest BCUT2D eigenvalue weighted by molar-refractivity contribution is 0.603. The summed E-state index contributed by atoms with van der Waals surface area (Å²) in [6, 6.07) is 8.02. The van der Waals surface area contributed by atoms with E-state index in [4.69, 9.17) is 4.98 Å². The molecular weight excluding hydrogens is 418 g/mol. The number of thiazole rings is 1. The molecule has 0 saturated carbocycles. The van der Waals surface area contributed by atoms with E-state index in [-0.39, 0.29) is 17.2 Å². The lowest BCUT2D eigenvalue weighted by Gasteiger charge is -2.14. The smallest absolute Gasteiger partial charge is 0.277 e. The van der Waals surface area contributed by atoms with Crippen molar-refractivity contribution in [3.05, 3.63) is 55.9 Å². The van der Waals surface area contributed by atoms with Gasteiger partial charge in [-0.3, -0.25) is 13.9 Å². The van der Waals surface area contributed by atoms with Crippen molar-refractivity contribution in [3.8, 4) is 0 Å². The highest BCUT2D eigenvalue weighted by molar-refractivity contribution is 7.98. The van der Waals surface area contributed by atoms with Crippen molar-refractivity contribution in [1.82, 2.24) is 24.1 Å². The van der Waals surface area contributed by atoms with Crippen molar-refractivity contribution < 1.29 is 0 Å². The van der Waals surface area contributed by atoms with E-state index in [1.54, 1.807) is 15.9 Å². The van der Waals surface area contributed by atoms with Crippen molar-refractivity contribution in [2.75, 3.05) is 0 Å². The molecule has 1 aromatic carbocycles. The van der Waals surface area contributed by atoms with Gasteiger partial charge in [-0.1, -0.05) is 44.7 Å². The Labute approximate surface area is 181 Å². The number of thioether (sulfide) groups is 1. The van der Waals surface area contributed by atoms with Crippen molar-refractivity contribution in [1.29, 1.82) is 0 Å². The monoisotopic (exact) mass is 441 g/mol. The van der Waals surface area contributed by atoms with E-state index in [1.165, 1.54) is 18.8 Å². The molecule has 0 amide bonds. The molecule has 0 atom stereocenters. The van der Waals surface area contributed by atoms with Crippen LogP contribution in [-0.2, 0) is 19.3 Å². The quantitative estimate of drug-likeness (QED) is 0.333.